The summed E-state index contributed by atoms with van der Waals surface area (Å²) in [6.45, 7) is 3.72. The Morgan fingerprint density at radius 1 is 1.19 bits per heavy atom. The summed E-state index contributed by atoms with van der Waals surface area (Å²) in [7, 11) is 0. The minimum absolute atomic E-state index is 0.0474. The summed E-state index contributed by atoms with van der Waals surface area (Å²) in [5, 5.41) is 4.10. The van der Waals surface area contributed by atoms with Crippen molar-refractivity contribution in [1.82, 2.24) is 15.0 Å². The highest BCUT2D eigenvalue weighted by atomic mass is 16.5. The van der Waals surface area contributed by atoms with Crippen molar-refractivity contribution >= 4 is 5.91 Å². The van der Waals surface area contributed by atoms with Crippen LogP contribution >= 0.6 is 0 Å². The van der Waals surface area contributed by atoms with Crippen LogP contribution in [0.4, 0.5) is 0 Å². The van der Waals surface area contributed by atoms with Crippen molar-refractivity contribution in [1.29, 1.82) is 0 Å². The van der Waals surface area contributed by atoms with Gasteiger partial charge in [-0.1, -0.05) is 35.5 Å². The first-order valence-electron chi connectivity index (χ1n) is 9.11. The molecule has 0 saturated carbocycles. The van der Waals surface area contributed by atoms with Crippen molar-refractivity contribution in [2.75, 3.05) is 13.2 Å². The van der Waals surface area contributed by atoms with Crippen molar-refractivity contribution in [3.63, 3.8) is 0 Å². The second kappa shape index (κ2) is 7.61. The normalized spacial score (nSPS) is 16.7. The molecular formula is C21H21N3O3. The van der Waals surface area contributed by atoms with Gasteiger partial charge in [-0.3, -0.25) is 4.79 Å². The number of hydrogen-bond acceptors (Lipinski definition) is 5. The summed E-state index contributed by atoms with van der Waals surface area (Å²) in [6, 6.07) is 17.5. The molecular weight excluding hydrogens is 342 g/mol. The van der Waals surface area contributed by atoms with Gasteiger partial charge in [0.2, 0.25) is 5.91 Å². The van der Waals surface area contributed by atoms with E-state index in [9.17, 15) is 4.79 Å². The van der Waals surface area contributed by atoms with E-state index in [1.54, 1.807) is 0 Å². The topological polar surface area (TPSA) is 68.5 Å². The first-order chi connectivity index (χ1) is 13.2. The van der Waals surface area contributed by atoms with E-state index < -0.39 is 0 Å². The monoisotopic (exact) mass is 363 g/mol. The predicted octanol–water partition coefficient (Wildman–Crippen LogP) is 3.65. The molecule has 1 saturated heterocycles. The van der Waals surface area contributed by atoms with Crippen LogP contribution in [-0.4, -0.2) is 34.1 Å². The van der Waals surface area contributed by atoms with E-state index in [-0.39, 0.29) is 11.8 Å². The lowest BCUT2D eigenvalue weighted by atomic mass is 10.1. The molecule has 1 fully saturated rings. The Bertz CT molecular complexity index is 923. The third kappa shape index (κ3) is 3.84. The highest BCUT2D eigenvalue weighted by Crippen LogP contribution is 2.29. The highest BCUT2D eigenvalue weighted by Gasteiger charge is 2.33. The van der Waals surface area contributed by atoms with E-state index in [1.165, 1.54) is 0 Å². The Hall–Kier alpha value is -3.15. The minimum Gasteiger partial charge on any atom is -0.494 e. The Labute approximate surface area is 157 Å². The SMILES string of the molecule is CCOc1cccc(CN2CC(c3noc(-c4ccccc4)n3)CC2=O)c1. The molecule has 1 atom stereocenters. The zero-order chi connectivity index (χ0) is 18.6. The lowest BCUT2D eigenvalue weighted by molar-refractivity contribution is -0.128. The fraction of sp³-hybridized carbons (Fsp3) is 0.286. The van der Waals surface area contributed by atoms with Gasteiger partial charge in [0.25, 0.3) is 5.89 Å². The van der Waals surface area contributed by atoms with Gasteiger partial charge in [0.05, 0.1) is 6.61 Å². The Kier molecular flexibility index (Phi) is 4.87. The molecule has 1 aromatic heterocycles. The van der Waals surface area contributed by atoms with E-state index in [4.69, 9.17) is 9.26 Å². The van der Waals surface area contributed by atoms with Crippen LogP contribution in [0.15, 0.2) is 59.1 Å². The molecule has 0 spiro atoms. The molecule has 0 aliphatic carbocycles. The molecule has 3 aromatic rings. The maximum absolute atomic E-state index is 12.5. The van der Waals surface area contributed by atoms with Crippen LogP contribution in [-0.2, 0) is 11.3 Å². The van der Waals surface area contributed by atoms with Crippen molar-refractivity contribution in [3.8, 4) is 17.2 Å². The third-order valence-corrected chi connectivity index (χ3v) is 4.63. The molecule has 1 aliphatic heterocycles. The van der Waals surface area contributed by atoms with Crippen LogP contribution in [0.5, 0.6) is 5.75 Å². The Balaban J connectivity index is 1.45. The van der Waals surface area contributed by atoms with E-state index in [0.29, 0.717) is 37.8 Å². The van der Waals surface area contributed by atoms with Crippen molar-refractivity contribution in [3.05, 3.63) is 66.0 Å². The van der Waals surface area contributed by atoms with Gasteiger partial charge in [0.1, 0.15) is 5.75 Å². The highest BCUT2D eigenvalue weighted by molar-refractivity contribution is 5.79. The van der Waals surface area contributed by atoms with E-state index in [0.717, 1.165) is 16.9 Å². The van der Waals surface area contributed by atoms with Crippen molar-refractivity contribution in [2.24, 2.45) is 0 Å². The summed E-state index contributed by atoms with van der Waals surface area (Å²) in [5.41, 5.74) is 1.93. The number of carbonyl (C=O) groups is 1. The van der Waals surface area contributed by atoms with Gasteiger partial charge in [-0.05, 0) is 36.8 Å². The van der Waals surface area contributed by atoms with Gasteiger partial charge in [0, 0.05) is 31.0 Å². The maximum atomic E-state index is 12.5. The average molecular weight is 363 g/mol. The minimum atomic E-state index is -0.0474. The quantitative estimate of drug-likeness (QED) is 0.669. The van der Waals surface area contributed by atoms with Gasteiger partial charge in [-0.15, -0.1) is 0 Å². The first kappa shape index (κ1) is 17.3. The summed E-state index contributed by atoms with van der Waals surface area (Å²) in [6.07, 6.45) is 0.402. The number of amides is 1. The smallest absolute Gasteiger partial charge is 0.257 e. The molecule has 0 bridgehead atoms. The second-order valence-electron chi connectivity index (χ2n) is 6.58. The third-order valence-electron chi connectivity index (χ3n) is 4.63. The molecule has 0 N–H and O–H groups in total. The molecule has 6 nitrogen and oxygen atoms in total. The molecule has 4 rings (SSSR count). The summed E-state index contributed by atoms with van der Waals surface area (Å²) >= 11 is 0. The van der Waals surface area contributed by atoms with Gasteiger partial charge >= 0.3 is 0 Å². The molecule has 138 valence electrons. The second-order valence-corrected chi connectivity index (χ2v) is 6.58. The van der Waals surface area contributed by atoms with Gasteiger partial charge in [-0.2, -0.15) is 4.98 Å². The predicted molar refractivity (Wildman–Crippen MR) is 100 cm³/mol. The number of likely N-dealkylation sites (tertiary alicyclic amines) is 1. The molecule has 2 aromatic carbocycles. The molecule has 0 radical (unpaired) electrons. The standard InChI is InChI=1S/C21H21N3O3/c1-2-26-18-10-6-7-15(11-18)13-24-14-17(12-19(24)25)20-22-21(27-23-20)16-8-4-3-5-9-16/h3-11,17H,2,12-14H2,1H3. The van der Waals surface area contributed by atoms with Crippen molar-refractivity contribution < 1.29 is 14.1 Å². The van der Waals surface area contributed by atoms with Crippen LogP contribution in [0.1, 0.15) is 30.7 Å². The Morgan fingerprint density at radius 3 is 2.85 bits per heavy atom. The van der Waals surface area contributed by atoms with E-state index in [1.807, 2.05) is 66.4 Å². The van der Waals surface area contributed by atoms with Crippen LogP contribution in [0, 0.1) is 0 Å². The van der Waals surface area contributed by atoms with Crippen LogP contribution < -0.4 is 4.74 Å². The summed E-state index contributed by atoms with van der Waals surface area (Å²) in [5.74, 6) is 1.96. The largest absolute Gasteiger partial charge is 0.494 e. The number of hydrogen-bond donors (Lipinski definition) is 0. The van der Waals surface area contributed by atoms with Crippen molar-refractivity contribution in [2.45, 2.75) is 25.8 Å². The van der Waals surface area contributed by atoms with Gasteiger partial charge < -0.3 is 14.2 Å². The first-order valence-corrected chi connectivity index (χ1v) is 9.11. The number of rotatable bonds is 6. The fourth-order valence-electron chi connectivity index (χ4n) is 3.32. The lowest BCUT2D eigenvalue weighted by Crippen LogP contribution is -2.24. The van der Waals surface area contributed by atoms with Gasteiger partial charge in [0.15, 0.2) is 5.82 Å². The summed E-state index contributed by atoms with van der Waals surface area (Å²) in [4.78, 5) is 18.8. The molecule has 1 unspecified atom stereocenters. The zero-order valence-corrected chi connectivity index (χ0v) is 15.2. The number of nitrogens with zero attached hydrogens (tertiary/aromatic N) is 3. The van der Waals surface area contributed by atoms with Gasteiger partial charge in [-0.25, -0.2) is 0 Å². The fourth-order valence-corrected chi connectivity index (χ4v) is 3.32. The molecule has 1 aliphatic rings. The average Bonchev–Trinajstić information content (AvgIpc) is 3.31. The van der Waals surface area contributed by atoms with Crippen LogP contribution in [0.3, 0.4) is 0 Å². The van der Waals surface area contributed by atoms with Crippen LogP contribution in [0.25, 0.3) is 11.5 Å². The lowest BCUT2D eigenvalue weighted by Gasteiger charge is -2.16. The molecule has 27 heavy (non-hydrogen) atoms. The van der Waals surface area contributed by atoms with E-state index in [2.05, 4.69) is 10.1 Å². The van der Waals surface area contributed by atoms with Crippen LogP contribution in [0.2, 0.25) is 0 Å². The molecule has 6 heteroatoms. The Morgan fingerprint density at radius 2 is 2.04 bits per heavy atom. The zero-order valence-electron chi connectivity index (χ0n) is 15.2. The number of benzene rings is 2. The maximum Gasteiger partial charge on any atom is 0.257 e. The van der Waals surface area contributed by atoms with E-state index >= 15 is 0 Å². The number of ether oxygens (including phenoxy) is 1. The number of carbonyl (C=O) groups excluding carboxylic acids is 1. The summed E-state index contributed by atoms with van der Waals surface area (Å²) < 4.78 is 10.9. The molecule has 1 amide bonds. The number of aromatic nitrogens is 2. The molecule has 2 heterocycles.